The summed E-state index contributed by atoms with van der Waals surface area (Å²) >= 11 is 0. The molecule has 1 aromatic rings. The first-order valence-corrected chi connectivity index (χ1v) is 6.15. The fraction of sp³-hybridized carbons (Fsp3) is 0.571. The van der Waals surface area contributed by atoms with Crippen LogP contribution in [0.3, 0.4) is 0 Å². The highest BCUT2D eigenvalue weighted by Crippen LogP contribution is 2.12. The van der Waals surface area contributed by atoms with E-state index in [1.54, 1.807) is 0 Å². The van der Waals surface area contributed by atoms with E-state index >= 15 is 0 Å². The summed E-state index contributed by atoms with van der Waals surface area (Å²) in [5.41, 5.74) is 2.25. The van der Waals surface area contributed by atoms with E-state index in [2.05, 4.69) is 19.2 Å². The summed E-state index contributed by atoms with van der Waals surface area (Å²) < 4.78 is 5.39. The van der Waals surface area contributed by atoms with Crippen LogP contribution in [-0.4, -0.2) is 31.0 Å². The van der Waals surface area contributed by atoms with Crippen LogP contribution in [0.1, 0.15) is 19.4 Å². The van der Waals surface area contributed by atoms with Crippen molar-refractivity contribution in [3.63, 3.8) is 0 Å². The molecule has 0 radical (unpaired) electrons. The Labute approximate surface area is 104 Å². The standard InChI is InChI=1S/C14H23NO2/c1-11(2)9-17-10-13(16)8-15-14-7-5-4-6-12(14)3/h4-7,11,13,15-16H,8-10H2,1-3H3. The molecule has 0 heterocycles. The molecule has 17 heavy (non-hydrogen) atoms. The van der Waals surface area contributed by atoms with E-state index in [4.69, 9.17) is 4.74 Å². The third-order valence-corrected chi connectivity index (χ3v) is 2.43. The molecule has 1 aromatic carbocycles. The zero-order chi connectivity index (χ0) is 12.7. The number of para-hydroxylation sites is 1. The summed E-state index contributed by atoms with van der Waals surface area (Å²) in [6.07, 6.45) is -0.464. The lowest BCUT2D eigenvalue weighted by Crippen LogP contribution is -2.25. The van der Waals surface area contributed by atoms with Crippen LogP contribution in [0.25, 0.3) is 0 Å². The number of benzene rings is 1. The van der Waals surface area contributed by atoms with Crippen LogP contribution < -0.4 is 5.32 Å². The maximum Gasteiger partial charge on any atom is 0.0945 e. The molecule has 3 heteroatoms. The van der Waals surface area contributed by atoms with Crippen molar-refractivity contribution in [2.45, 2.75) is 26.9 Å². The summed E-state index contributed by atoms with van der Waals surface area (Å²) in [5.74, 6) is 0.506. The van der Waals surface area contributed by atoms with Crippen LogP contribution in [0, 0.1) is 12.8 Å². The average molecular weight is 237 g/mol. The third-order valence-electron chi connectivity index (χ3n) is 2.43. The van der Waals surface area contributed by atoms with Crippen molar-refractivity contribution in [2.75, 3.05) is 25.1 Å². The minimum absolute atomic E-state index is 0.386. The van der Waals surface area contributed by atoms with Crippen molar-refractivity contribution < 1.29 is 9.84 Å². The van der Waals surface area contributed by atoms with Crippen LogP contribution in [0.2, 0.25) is 0 Å². The molecule has 0 aliphatic carbocycles. The van der Waals surface area contributed by atoms with Crippen molar-refractivity contribution in [3.05, 3.63) is 29.8 Å². The van der Waals surface area contributed by atoms with Gasteiger partial charge in [0, 0.05) is 18.8 Å². The molecule has 0 aromatic heterocycles. The lowest BCUT2D eigenvalue weighted by atomic mass is 10.2. The van der Waals surface area contributed by atoms with Crippen LogP contribution >= 0.6 is 0 Å². The van der Waals surface area contributed by atoms with E-state index in [0.717, 1.165) is 5.69 Å². The molecule has 0 aliphatic rings. The predicted octanol–water partition coefficient (Wildman–Crippen LogP) is 2.44. The molecule has 0 bridgehead atoms. The van der Waals surface area contributed by atoms with E-state index < -0.39 is 6.10 Å². The van der Waals surface area contributed by atoms with E-state index in [0.29, 0.717) is 25.7 Å². The monoisotopic (exact) mass is 237 g/mol. The molecule has 0 saturated carbocycles. The Morgan fingerprint density at radius 3 is 2.59 bits per heavy atom. The van der Waals surface area contributed by atoms with Crippen molar-refractivity contribution in [2.24, 2.45) is 5.92 Å². The van der Waals surface area contributed by atoms with Crippen LogP contribution in [0.5, 0.6) is 0 Å². The van der Waals surface area contributed by atoms with Gasteiger partial charge in [-0.3, -0.25) is 0 Å². The van der Waals surface area contributed by atoms with Gasteiger partial charge in [-0.1, -0.05) is 32.0 Å². The van der Waals surface area contributed by atoms with Gasteiger partial charge in [0.05, 0.1) is 12.7 Å². The fourth-order valence-electron chi connectivity index (χ4n) is 1.50. The number of nitrogens with one attached hydrogen (secondary N) is 1. The molecule has 0 aliphatic heterocycles. The fourth-order valence-corrected chi connectivity index (χ4v) is 1.50. The zero-order valence-electron chi connectivity index (χ0n) is 10.9. The molecule has 3 nitrogen and oxygen atoms in total. The minimum Gasteiger partial charge on any atom is -0.389 e. The second-order valence-electron chi connectivity index (χ2n) is 4.78. The first-order chi connectivity index (χ1) is 8.09. The number of aliphatic hydroxyl groups is 1. The van der Waals surface area contributed by atoms with Gasteiger partial charge in [0.25, 0.3) is 0 Å². The largest absolute Gasteiger partial charge is 0.389 e. The van der Waals surface area contributed by atoms with Crippen molar-refractivity contribution in [3.8, 4) is 0 Å². The molecular formula is C14H23NO2. The predicted molar refractivity (Wildman–Crippen MR) is 71.3 cm³/mol. The molecule has 0 fully saturated rings. The van der Waals surface area contributed by atoms with Crippen molar-refractivity contribution in [1.82, 2.24) is 0 Å². The number of ether oxygens (including phenoxy) is 1. The molecule has 96 valence electrons. The molecule has 1 atom stereocenters. The first-order valence-electron chi connectivity index (χ1n) is 6.15. The summed E-state index contributed by atoms with van der Waals surface area (Å²) in [6, 6.07) is 8.04. The van der Waals surface area contributed by atoms with E-state index in [9.17, 15) is 5.11 Å². The van der Waals surface area contributed by atoms with Gasteiger partial charge in [-0.2, -0.15) is 0 Å². The van der Waals surface area contributed by atoms with Gasteiger partial charge in [-0.15, -0.1) is 0 Å². The van der Waals surface area contributed by atoms with Crippen LogP contribution in [0.4, 0.5) is 5.69 Å². The molecule has 2 N–H and O–H groups in total. The summed E-state index contributed by atoms with van der Waals surface area (Å²) in [7, 11) is 0. The number of aryl methyl sites for hydroxylation is 1. The van der Waals surface area contributed by atoms with Gasteiger partial charge in [0.15, 0.2) is 0 Å². The Hall–Kier alpha value is -1.06. The lowest BCUT2D eigenvalue weighted by Gasteiger charge is -2.15. The topological polar surface area (TPSA) is 41.5 Å². The third kappa shape index (κ3) is 5.71. The van der Waals surface area contributed by atoms with Crippen LogP contribution in [0.15, 0.2) is 24.3 Å². The number of rotatable bonds is 7. The number of aliphatic hydroxyl groups excluding tert-OH is 1. The highest BCUT2D eigenvalue weighted by molar-refractivity contribution is 5.50. The Kier molecular flexibility index (Phi) is 6.01. The van der Waals surface area contributed by atoms with Gasteiger partial charge < -0.3 is 15.2 Å². The maximum absolute atomic E-state index is 9.73. The smallest absolute Gasteiger partial charge is 0.0945 e. The minimum atomic E-state index is -0.464. The summed E-state index contributed by atoms with van der Waals surface area (Å²) in [6.45, 7) is 7.83. The molecule has 1 rings (SSSR count). The van der Waals surface area contributed by atoms with E-state index in [-0.39, 0.29) is 0 Å². The lowest BCUT2D eigenvalue weighted by molar-refractivity contribution is 0.0318. The molecular weight excluding hydrogens is 214 g/mol. The second kappa shape index (κ2) is 7.30. The molecule has 0 spiro atoms. The highest BCUT2D eigenvalue weighted by Gasteiger charge is 2.05. The Balaban J connectivity index is 2.24. The highest BCUT2D eigenvalue weighted by atomic mass is 16.5. The van der Waals surface area contributed by atoms with Gasteiger partial charge in [-0.25, -0.2) is 0 Å². The first kappa shape index (κ1) is 14.0. The summed E-state index contributed by atoms with van der Waals surface area (Å²) in [5, 5.41) is 12.9. The Bertz CT molecular complexity index is 326. The zero-order valence-corrected chi connectivity index (χ0v) is 10.9. The molecule has 1 unspecified atom stereocenters. The number of hydrogen-bond acceptors (Lipinski definition) is 3. The second-order valence-corrected chi connectivity index (χ2v) is 4.78. The number of anilines is 1. The van der Waals surface area contributed by atoms with Gasteiger partial charge >= 0.3 is 0 Å². The van der Waals surface area contributed by atoms with Gasteiger partial charge in [0.1, 0.15) is 0 Å². The van der Waals surface area contributed by atoms with Crippen molar-refractivity contribution >= 4 is 5.69 Å². The normalized spacial score (nSPS) is 12.8. The average Bonchev–Trinajstić information content (AvgIpc) is 2.27. The Morgan fingerprint density at radius 2 is 1.94 bits per heavy atom. The Morgan fingerprint density at radius 1 is 1.24 bits per heavy atom. The summed E-state index contributed by atoms with van der Waals surface area (Å²) in [4.78, 5) is 0. The quantitative estimate of drug-likeness (QED) is 0.765. The van der Waals surface area contributed by atoms with Crippen molar-refractivity contribution in [1.29, 1.82) is 0 Å². The molecule has 0 saturated heterocycles. The maximum atomic E-state index is 9.73. The van der Waals surface area contributed by atoms with E-state index in [1.807, 2.05) is 31.2 Å². The van der Waals surface area contributed by atoms with Gasteiger partial charge in [0.2, 0.25) is 0 Å². The molecule has 0 amide bonds. The SMILES string of the molecule is Cc1ccccc1NCC(O)COCC(C)C. The van der Waals surface area contributed by atoms with Gasteiger partial charge in [-0.05, 0) is 24.5 Å². The van der Waals surface area contributed by atoms with Crippen LogP contribution in [-0.2, 0) is 4.74 Å². The van der Waals surface area contributed by atoms with E-state index in [1.165, 1.54) is 5.56 Å². The number of hydrogen-bond donors (Lipinski definition) is 2.